The largest absolute Gasteiger partial charge is 0.493 e. The number of nitrogens with one attached hydrogen (secondary N) is 3. The van der Waals surface area contributed by atoms with Crippen molar-refractivity contribution in [3.8, 4) is 23.0 Å². The van der Waals surface area contributed by atoms with Crippen molar-refractivity contribution >= 4 is 23.9 Å². The summed E-state index contributed by atoms with van der Waals surface area (Å²) in [4.78, 5) is 35.2. The van der Waals surface area contributed by atoms with Gasteiger partial charge in [0.05, 0.1) is 43.6 Å². The number of amides is 2. The van der Waals surface area contributed by atoms with Crippen LogP contribution in [0.4, 0.5) is 10.5 Å². The van der Waals surface area contributed by atoms with Gasteiger partial charge in [-0.3, -0.25) is 15.5 Å². The lowest BCUT2D eigenvalue weighted by Gasteiger charge is -2.28. The molecule has 0 spiro atoms. The predicted molar refractivity (Wildman–Crippen MR) is 183 cm³/mol. The van der Waals surface area contributed by atoms with Crippen molar-refractivity contribution in [2.45, 2.75) is 39.1 Å². The SMILES string of the molecule is C=CCc1cc(/C=N\N[C@H](O)COc2ccc([C@@H]3NC(=O)NC(C)=C3C(=O)OC)cc2OCC)cc(OC)c1OCc1ccc([N+](=O)[O-])cc1. The van der Waals surface area contributed by atoms with Gasteiger partial charge in [0.2, 0.25) is 0 Å². The fraction of sp³-hybridized carbons (Fsp3) is 0.286. The Morgan fingerprint density at radius 2 is 1.86 bits per heavy atom. The highest BCUT2D eigenvalue weighted by Gasteiger charge is 2.32. The average Bonchev–Trinajstić information content (AvgIpc) is 3.10. The number of carbonyl (C=O) groups is 2. The summed E-state index contributed by atoms with van der Waals surface area (Å²) in [6.45, 7) is 7.50. The molecule has 4 rings (SSSR count). The molecule has 0 aliphatic carbocycles. The smallest absolute Gasteiger partial charge is 0.337 e. The summed E-state index contributed by atoms with van der Waals surface area (Å²) >= 11 is 0. The van der Waals surface area contributed by atoms with Crippen molar-refractivity contribution in [3.63, 3.8) is 0 Å². The fourth-order valence-corrected chi connectivity index (χ4v) is 5.07. The Morgan fingerprint density at radius 3 is 2.52 bits per heavy atom. The highest BCUT2D eigenvalue weighted by atomic mass is 16.6. The number of nitro groups is 1. The number of rotatable bonds is 17. The summed E-state index contributed by atoms with van der Waals surface area (Å²) in [5.74, 6) is 1.01. The van der Waals surface area contributed by atoms with Crippen LogP contribution < -0.4 is 35.0 Å². The topological polar surface area (TPSA) is 192 Å². The van der Waals surface area contributed by atoms with Crippen LogP contribution in [0.25, 0.3) is 0 Å². The van der Waals surface area contributed by atoms with Gasteiger partial charge in [-0.1, -0.05) is 12.1 Å². The minimum Gasteiger partial charge on any atom is -0.493 e. The second-order valence-electron chi connectivity index (χ2n) is 10.8. The number of aliphatic hydroxyl groups is 1. The number of ether oxygens (including phenoxy) is 5. The van der Waals surface area contributed by atoms with Crippen LogP contribution in [-0.2, 0) is 22.6 Å². The van der Waals surface area contributed by atoms with E-state index in [2.05, 4.69) is 27.7 Å². The molecule has 0 radical (unpaired) electrons. The van der Waals surface area contributed by atoms with Gasteiger partial charge in [0.15, 0.2) is 29.2 Å². The first-order valence-electron chi connectivity index (χ1n) is 15.5. The van der Waals surface area contributed by atoms with Gasteiger partial charge in [0.25, 0.3) is 5.69 Å². The zero-order valence-electron chi connectivity index (χ0n) is 28.1. The van der Waals surface area contributed by atoms with E-state index < -0.39 is 29.2 Å². The molecule has 15 nitrogen and oxygen atoms in total. The second kappa shape index (κ2) is 17.3. The number of esters is 1. The van der Waals surface area contributed by atoms with Gasteiger partial charge in [-0.2, -0.15) is 5.10 Å². The van der Waals surface area contributed by atoms with Crippen molar-refractivity contribution in [2.24, 2.45) is 5.10 Å². The van der Waals surface area contributed by atoms with E-state index in [-0.39, 0.29) is 24.5 Å². The molecule has 50 heavy (non-hydrogen) atoms. The number of nitrogens with zero attached hydrogens (tertiary/aromatic N) is 2. The van der Waals surface area contributed by atoms with Crippen LogP contribution in [0.15, 0.2) is 83.6 Å². The lowest BCUT2D eigenvalue weighted by molar-refractivity contribution is -0.384. The van der Waals surface area contributed by atoms with Crippen LogP contribution >= 0.6 is 0 Å². The third-order valence-electron chi connectivity index (χ3n) is 7.38. The van der Waals surface area contributed by atoms with Gasteiger partial charge in [-0.15, -0.1) is 6.58 Å². The van der Waals surface area contributed by atoms with Gasteiger partial charge in [-0.05, 0) is 73.4 Å². The van der Waals surface area contributed by atoms with E-state index >= 15 is 0 Å². The van der Waals surface area contributed by atoms with Crippen molar-refractivity contribution in [2.75, 3.05) is 27.4 Å². The van der Waals surface area contributed by atoms with Gasteiger partial charge in [0, 0.05) is 23.4 Å². The number of hydrogen-bond acceptors (Lipinski definition) is 12. The standard InChI is InChI=1S/C35H39N5O10/c1-6-8-25-15-23(16-29(46-4)33(25)50-19-22-9-12-26(13-10-22)40(44)45)18-36-39-30(41)20-49-27-14-11-24(17-28(27)48-7-2)32-31(34(42)47-5)21(3)37-35(43)38-32/h6,9-18,30,32,39,41H,1,7-8,19-20H2,2-5H3,(H2,37,38,43)/b36-18-/t30-,32+/m1/s1. The molecule has 0 saturated carbocycles. The summed E-state index contributed by atoms with van der Waals surface area (Å²) in [5, 5.41) is 31.0. The number of non-ortho nitro benzene ring substituents is 1. The maximum Gasteiger partial charge on any atom is 0.337 e. The molecule has 1 aliphatic rings. The number of hydrazone groups is 1. The number of hydrogen-bond donors (Lipinski definition) is 4. The van der Waals surface area contributed by atoms with Crippen molar-refractivity contribution < 1.29 is 43.3 Å². The van der Waals surface area contributed by atoms with E-state index in [4.69, 9.17) is 23.7 Å². The van der Waals surface area contributed by atoms with E-state index in [0.29, 0.717) is 52.8 Å². The average molecular weight is 690 g/mol. The van der Waals surface area contributed by atoms with E-state index in [1.165, 1.54) is 32.6 Å². The normalized spacial score (nSPS) is 14.7. The van der Waals surface area contributed by atoms with Crippen LogP contribution in [-0.4, -0.2) is 61.9 Å². The molecule has 15 heteroatoms. The summed E-state index contributed by atoms with van der Waals surface area (Å²) < 4.78 is 28.1. The molecule has 3 aromatic rings. The first kappa shape index (κ1) is 36.7. The monoisotopic (exact) mass is 689 g/mol. The summed E-state index contributed by atoms with van der Waals surface area (Å²) in [6.07, 6.45) is 2.47. The number of benzene rings is 3. The van der Waals surface area contributed by atoms with Gasteiger partial charge < -0.3 is 39.4 Å². The predicted octanol–water partition coefficient (Wildman–Crippen LogP) is 4.43. The molecule has 4 N–H and O–H groups in total. The minimum absolute atomic E-state index is 0.00779. The lowest BCUT2D eigenvalue weighted by Crippen LogP contribution is -2.45. The molecular weight excluding hydrogens is 650 g/mol. The molecule has 0 unspecified atom stereocenters. The Bertz CT molecular complexity index is 1770. The summed E-state index contributed by atoms with van der Waals surface area (Å²) in [5.41, 5.74) is 5.96. The first-order chi connectivity index (χ1) is 24.1. The van der Waals surface area contributed by atoms with Gasteiger partial charge in [0.1, 0.15) is 13.2 Å². The molecule has 0 saturated heterocycles. The maximum atomic E-state index is 12.5. The van der Waals surface area contributed by atoms with Crippen LogP contribution in [0.2, 0.25) is 0 Å². The molecule has 3 aromatic carbocycles. The Hall–Kier alpha value is -6.09. The van der Waals surface area contributed by atoms with Crippen LogP contribution in [0, 0.1) is 10.1 Å². The maximum absolute atomic E-state index is 12.5. The first-order valence-corrected chi connectivity index (χ1v) is 15.5. The Kier molecular flexibility index (Phi) is 12.7. The number of urea groups is 1. The van der Waals surface area contributed by atoms with Gasteiger partial charge >= 0.3 is 12.0 Å². The Morgan fingerprint density at radius 1 is 1.10 bits per heavy atom. The fourth-order valence-electron chi connectivity index (χ4n) is 5.07. The van der Waals surface area contributed by atoms with Crippen LogP contribution in [0.5, 0.6) is 23.0 Å². The van der Waals surface area contributed by atoms with Crippen molar-refractivity contribution in [3.05, 3.63) is 111 Å². The molecule has 1 heterocycles. The number of aliphatic hydroxyl groups excluding tert-OH is 1. The number of allylic oxidation sites excluding steroid dienone is 2. The Balaban J connectivity index is 1.42. The number of methoxy groups -OCH3 is 2. The minimum atomic E-state index is -1.21. The van der Waals surface area contributed by atoms with Crippen molar-refractivity contribution in [1.29, 1.82) is 0 Å². The van der Waals surface area contributed by atoms with Crippen LogP contribution in [0.1, 0.15) is 42.1 Å². The molecule has 0 fully saturated rings. The summed E-state index contributed by atoms with van der Waals surface area (Å²) in [6, 6.07) is 13.3. The molecule has 2 atom stereocenters. The van der Waals surface area contributed by atoms with Crippen LogP contribution in [0.3, 0.4) is 0 Å². The summed E-state index contributed by atoms with van der Waals surface area (Å²) in [7, 11) is 2.77. The molecule has 2 amide bonds. The highest BCUT2D eigenvalue weighted by Crippen LogP contribution is 2.36. The third-order valence-corrected chi connectivity index (χ3v) is 7.38. The van der Waals surface area contributed by atoms with E-state index in [0.717, 1.165) is 11.1 Å². The molecular formula is C35H39N5O10. The quantitative estimate of drug-likeness (QED) is 0.0391. The van der Waals surface area contributed by atoms with E-state index in [1.54, 1.807) is 56.3 Å². The number of carbonyl (C=O) groups excluding carboxylic acids is 2. The third kappa shape index (κ3) is 9.29. The van der Waals surface area contributed by atoms with Gasteiger partial charge in [-0.25, -0.2) is 9.59 Å². The Labute approximate surface area is 288 Å². The highest BCUT2D eigenvalue weighted by molar-refractivity contribution is 5.95. The molecule has 1 aliphatic heterocycles. The number of nitro benzene ring substituents is 1. The zero-order valence-corrected chi connectivity index (χ0v) is 28.1. The van der Waals surface area contributed by atoms with E-state index in [1.807, 2.05) is 6.07 Å². The van der Waals surface area contributed by atoms with E-state index in [9.17, 15) is 24.8 Å². The molecule has 264 valence electrons. The zero-order chi connectivity index (χ0) is 36.2. The molecule has 0 bridgehead atoms. The molecule has 0 aromatic heterocycles. The lowest BCUT2D eigenvalue weighted by atomic mass is 9.95. The second-order valence-corrected chi connectivity index (χ2v) is 10.8. The van der Waals surface area contributed by atoms with Crippen molar-refractivity contribution in [1.82, 2.24) is 16.1 Å².